The molecule has 0 atom stereocenters. The van der Waals surface area contributed by atoms with E-state index in [4.69, 9.17) is 0 Å². The maximum Gasteiger partial charge on any atom is 0.418 e. The van der Waals surface area contributed by atoms with Crippen LogP contribution in [-0.2, 0) is 17.5 Å². The number of aromatic nitrogens is 2. The fraction of sp³-hybridized carbons (Fsp3) is 0.444. The Morgan fingerprint density at radius 1 is 1.15 bits per heavy atom. The van der Waals surface area contributed by atoms with Gasteiger partial charge in [-0.05, 0) is 31.6 Å². The zero-order valence-electron chi connectivity index (χ0n) is 14.8. The average Bonchev–Trinajstić information content (AvgIpc) is 3.02. The number of aromatic amines is 1. The molecule has 0 bridgehead atoms. The number of anilines is 1. The molecule has 1 saturated heterocycles. The predicted molar refractivity (Wildman–Crippen MR) is 95.0 cm³/mol. The lowest BCUT2D eigenvalue weighted by molar-refractivity contribution is -0.137. The van der Waals surface area contributed by atoms with Gasteiger partial charge in [0.25, 0.3) is 0 Å². The lowest BCUT2D eigenvalue weighted by Crippen LogP contribution is -2.36. The van der Waals surface area contributed by atoms with Crippen molar-refractivity contribution in [1.82, 2.24) is 19.8 Å². The van der Waals surface area contributed by atoms with Crippen LogP contribution in [0.5, 0.6) is 0 Å². The Morgan fingerprint density at radius 2 is 1.89 bits per heavy atom. The number of carbonyl (C=O) groups excluding carboxylic acids is 1. The molecular formula is C18H22F3N5O. The van der Waals surface area contributed by atoms with Crippen molar-refractivity contribution >= 4 is 11.6 Å². The Balaban J connectivity index is 1.53. The largest absolute Gasteiger partial charge is 0.418 e. The number of amides is 1. The molecule has 0 spiro atoms. The molecule has 6 nitrogen and oxygen atoms in total. The number of nitrogens with zero attached hydrogens (tertiary/aromatic N) is 3. The summed E-state index contributed by atoms with van der Waals surface area (Å²) in [4.78, 5) is 23.8. The highest BCUT2D eigenvalue weighted by molar-refractivity contribution is 5.93. The highest BCUT2D eigenvalue weighted by Crippen LogP contribution is 2.34. The summed E-state index contributed by atoms with van der Waals surface area (Å²) in [6.07, 6.45) is -0.128. The van der Waals surface area contributed by atoms with Gasteiger partial charge in [0.1, 0.15) is 5.82 Å². The Hall–Kier alpha value is -2.39. The van der Waals surface area contributed by atoms with Gasteiger partial charge in [-0.1, -0.05) is 12.1 Å². The van der Waals surface area contributed by atoms with Crippen LogP contribution in [0.4, 0.5) is 18.9 Å². The van der Waals surface area contributed by atoms with Crippen molar-refractivity contribution in [3.8, 4) is 0 Å². The van der Waals surface area contributed by atoms with Crippen molar-refractivity contribution < 1.29 is 18.0 Å². The first-order valence-corrected chi connectivity index (χ1v) is 8.81. The molecule has 2 heterocycles. The van der Waals surface area contributed by atoms with Gasteiger partial charge in [0.15, 0.2) is 0 Å². The van der Waals surface area contributed by atoms with E-state index < -0.39 is 17.6 Å². The number of hydrogen-bond acceptors (Lipinski definition) is 4. The third kappa shape index (κ3) is 5.54. The Morgan fingerprint density at radius 3 is 2.63 bits per heavy atom. The van der Waals surface area contributed by atoms with Crippen LogP contribution in [0.25, 0.3) is 0 Å². The van der Waals surface area contributed by atoms with Gasteiger partial charge in [-0.15, -0.1) is 0 Å². The predicted octanol–water partition coefficient (Wildman–Crippen LogP) is 2.57. The number of rotatable bonds is 5. The summed E-state index contributed by atoms with van der Waals surface area (Å²) >= 11 is 0. The van der Waals surface area contributed by atoms with Crippen molar-refractivity contribution in [2.75, 3.05) is 38.0 Å². The number of alkyl halides is 3. The second kappa shape index (κ2) is 8.53. The third-order valence-corrected chi connectivity index (χ3v) is 4.48. The van der Waals surface area contributed by atoms with Gasteiger partial charge in [-0.3, -0.25) is 14.6 Å². The maximum atomic E-state index is 13.0. The summed E-state index contributed by atoms with van der Waals surface area (Å²) in [7, 11) is 0. The molecule has 0 aliphatic carbocycles. The van der Waals surface area contributed by atoms with E-state index in [-0.39, 0.29) is 12.2 Å². The van der Waals surface area contributed by atoms with E-state index in [1.165, 1.54) is 18.2 Å². The van der Waals surface area contributed by atoms with Crippen molar-refractivity contribution in [1.29, 1.82) is 0 Å². The molecule has 1 aliphatic rings. The topological polar surface area (TPSA) is 64.3 Å². The van der Waals surface area contributed by atoms with Gasteiger partial charge in [-0.2, -0.15) is 13.2 Å². The van der Waals surface area contributed by atoms with E-state index in [1.54, 1.807) is 12.4 Å². The fourth-order valence-corrected chi connectivity index (χ4v) is 3.17. The normalized spacial score (nSPS) is 16.9. The Bertz CT molecular complexity index is 748. The number of imidazole rings is 1. The molecule has 146 valence electrons. The van der Waals surface area contributed by atoms with Gasteiger partial charge < -0.3 is 10.3 Å². The number of nitrogens with one attached hydrogen (secondary N) is 2. The first-order chi connectivity index (χ1) is 12.9. The maximum absolute atomic E-state index is 13.0. The highest BCUT2D eigenvalue weighted by atomic mass is 19.4. The molecule has 2 N–H and O–H groups in total. The van der Waals surface area contributed by atoms with Crippen LogP contribution in [0.15, 0.2) is 36.7 Å². The molecule has 0 unspecified atom stereocenters. The zero-order valence-corrected chi connectivity index (χ0v) is 14.8. The van der Waals surface area contributed by atoms with Crippen molar-refractivity contribution in [3.63, 3.8) is 0 Å². The lowest BCUT2D eigenvalue weighted by Gasteiger charge is -2.21. The monoisotopic (exact) mass is 381 g/mol. The molecule has 0 radical (unpaired) electrons. The summed E-state index contributed by atoms with van der Waals surface area (Å²) in [6.45, 7) is 3.84. The number of halogens is 3. The zero-order chi connectivity index (χ0) is 19.3. The molecule has 1 aliphatic heterocycles. The first-order valence-electron chi connectivity index (χ1n) is 8.81. The number of benzene rings is 1. The number of carbonyl (C=O) groups is 1. The van der Waals surface area contributed by atoms with E-state index in [0.29, 0.717) is 13.1 Å². The summed E-state index contributed by atoms with van der Waals surface area (Å²) in [5.41, 5.74) is -1.04. The average molecular weight is 381 g/mol. The molecular weight excluding hydrogens is 359 g/mol. The minimum atomic E-state index is -4.50. The minimum Gasteiger partial charge on any atom is -0.348 e. The van der Waals surface area contributed by atoms with Gasteiger partial charge in [0.05, 0.1) is 24.3 Å². The lowest BCUT2D eigenvalue weighted by atomic mass is 10.1. The summed E-state index contributed by atoms with van der Waals surface area (Å²) in [5.74, 6) is 0.455. The Labute approximate surface area is 155 Å². The standard InChI is InChI=1S/C18H22F3N5O/c19-18(20,21)14-4-1-2-5-15(14)24-17(27)13-26-9-3-8-25(10-11-26)12-16-22-6-7-23-16/h1-2,4-7H,3,8-13H2,(H,22,23)(H,24,27). The summed E-state index contributed by atoms with van der Waals surface area (Å²) in [5, 5.41) is 2.40. The molecule has 1 aromatic carbocycles. The summed E-state index contributed by atoms with van der Waals surface area (Å²) < 4.78 is 39.1. The van der Waals surface area contributed by atoms with Gasteiger partial charge >= 0.3 is 6.18 Å². The van der Waals surface area contributed by atoms with Crippen LogP contribution < -0.4 is 5.32 Å². The van der Waals surface area contributed by atoms with Crippen molar-refractivity contribution in [2.45, 2.75) is 19.1 Å². The quantitative estimate of drug-likeness (QED) is 0.836. The van der Waals surface area contributed by atoms with Crippen LogP contribution in [-0.4, -0.2) is 58.4 Å². The summed E-state index contributed by atoms with van der Waals surface area (Å²) in [6, 6.07) is 5.02. The van der Waals surface area contributed by atoms with Gasteiger partial charge in [-0.25, -0.2) is 4.98 Å². The second-order valence-corrected chi connectivity index (χ2v) is 6.53. The molecule has 27 heavy (non-hydrogen) atoms. The first kappa shape index (κ1) is 19.4. The molecule has 1 amide bonds. The van der Waals surface area contributed by atoms with Crippen LogP contribution >= 0.6 is 0 Å². The molecule has 0 saturated carbocycles. The molecule has 9 heteroatoms. The van der Waals surface area contributed by atoms with Crippen molar-refractivity contribution in [3.05, 3.63) is 48.0 Å². The van der Waals surface area contributed by atoms with Crippen LogP contribution in [0, 0.1) is 0 Å². The van der Waals surface area contributed by atoms with E-state index >= 15 is 0 Å². The molecule has 1 aromatic heterocycles. The van der Waals surface area contributed by atoms with Crippen LogP contribution in [0.1, 0.15) is 17.8 Å². The molecule has 3 rings (SSSR count). The number of H-pyrrole nitrogens is 1. The number of hydrogen-bond donors (Lipinski definition) is 2. The van der Waals surface area contributed by atoms with E-state index in [9.17, 15) is 18.0 Å². The smallest absolute Gasteiger partial charge is 0.348 e. The highest BCUT2D eigenvalue weighted by Gasteiger charge is 2.33. The van der Waals surface area contributed by atoms with Crippen LogP contribution in [0.3, 0.4) is 0 Å². The van der Waals surface area contributed by atoms with Crippen molar-refractivity contribution in [2.24, 2.45) is 0 Å². The van der Waals surface area contributed by atoms with E-state index in [0.717, 1.165) is 37.9 Å². The fourth-order valence-electron chi connectivity index (χ4n) is 3.17. The van der Waals surface area contributed by atoms with E-state index in [2.05, 4.69) is 20.2 Å². The Kier molecular flexibility index (Phi) is 6.12. The van der Waals surface area contributed by atoms with Gasteiger partial charge in [0, 0.05) is 25.5 Å². The minimum absolute atomic E-state index is 0.0702. The van der Waals surface area contributed by atoms with Crippen LogP contribution in [0.2, 0.25) is 0 Å². The number of para-hydroxylation sites is 1. The molecule has 1 fully saturated rings. The third-order valence-electron chi connectivity index (χ3n) is 4.48. The van der Waals surface area contributed by atoms with E-state index in [1.807, 2.05) is 4.90 Å². The molecule has 2 aromatic rings. The SMILES string of the molecule is O=C(CN1CCCN(Cc2ncc[nH]2)CC1)Nc1ccccc1C(F)(F)F. The van der Waals surface area contributed by atoms with Gasteiger partial charge in [0.2, 0.25) is 5.91 Å². The second-order valence-electron chi connectivity index (χ2n) is 6.53.